The Bertz CT molecular complexity index is 964. The Morgan fingerprint density at radius 3 is 2.71 bits per heavy atom. The molecule has 0 bridgehead atoms. The van der Waals surface area contributed by atoms with Crippen molar-refractivity contribution in [2.45, 2.75) is 46.6 Å². The normalized spacial score (nSPS) is 15.6. The zero-order valence-electron chi connectivity index (χ0n) is 16.9. The Morgan fingerprint density at radius 1 is 1.21 bits per heavy atom. The summed E-state index contributed by atoms with van der Waals surface area (Å²) in [7, 11) is 0. The largest absolute Gasteiger partial charge is 0.419 e. The van der Waals surface area contributed by atoms with Gasteiger partial charge in [0.05, 0.1) is 0 Å². The number of rotatable bonds is 5. The highest BCUT2D eigenvalue weighted by Crippen LogP contribution is 2.28. The van der Waals surface area contributed by atoms with Crippen LogP contribution < -0.4 is 0 Å². The minimum Gasteiger partial charge on any atom is -0.419 e. The van der Waals surface area contributed by atoms with Gasteiger partial charge in [0.15, 0.2) is 0 Å². The van der Waals surface area contributed by atoms with Crippen molar-refractivity contribution >= 4 is 16.8 Å². The van der Waals surface area contributed by atoms with E-state index >= 15 is 0 Å². The van der Waals surface area contributed by atoms with Gasteiger partial charge in [-0.2, -0.15) is 0 Å². The molecule has 28 heavy (non-hydrogen) atoms. The van der Waals surface area contributed by atoms with Crippen LogP contribution in [0.1, 0.15) is 39.5 Å². The van der Waals surface area contributed by atoms with Crippen molar-refractivity contribution in [1.29, 1.82) is 0 Å². The molecule has 4 rings (SSSR count). The Hall–Kier alpha value is -2.63. The van der Waals surface area contributed by atoms with Gasteiger partial charge >= 0.3 is 0 Å². The molecule has 6 nitrogen and oxygen atoms in total. The first-order valence-corrected chi connectivity index (χ1v) is 10.2. The average Bonchev–Trinajstić information content (AvgIpc) is 3.26. The van der Waals surface area contributed by atoms with Gasteiger partial charge in [0, 0.05) is 30.4 Å². The molecule has 0 saturated carbocycles. The number of benzene rings is 1. The number of para-hydroxylation sites is 1. The minimum atomic E-state index is 0.149. The molecular weight excluding hydrogens is 352 g/mol. The van der Waals surface area contributed by atoms with E-state index in [0.717, 1.165) is 48.9 Å². The van der Waals surface area contributed by atoms with Gasteiger partial charge in [0.25, 0.3) is 5.89 Å². The van der Waals surface area contributed by atoms with Crippen LogP contribution in [-0.2, 0) is 17.8 Å². The molecule has 0 aliphatic carbocycles. The fourth-order valence-electron chi connectivity index (χ4n) is 3.84. The number of aromatic nitrogens is 3. The summed E-state index contributed by atoms with van der Waals surface area (Å²) >= 11 is 0. The summed E-state index contributed by atoms with van der Waals surface area (Å²) in [5, 5.41) is 9.53. The van der Waals surface area contributed by atoms with Gasteiger partial charge in [-0.1, -0.05) is 39.0 Å². The molecule has 1 aliphatic heterocycles. The van der Waals surface area contributed by atoms with Crippen LogP contribution in [0, 0.1) is 11.8 Å². The maximum absolute atomic E-state index is 13.0. The van der Waals surface area contributed by atoms with Crippen LogP contribution in [0.2, 0.25) is 0 Å². The zero-order chi connectivity index (χ0) is 19.7. The van der Waals surface area contributed by atoms with Crippen LogP contribution in [0.4, 0.5) is 0 Å². The van der Waals surface area contributed by atoms with E-state index in [-0.39, 0.29) is 5.91 Å². The second kappa shape index (κ2) is 7.78. The van der Waals surface area contributed by atoms with Gasteiger partial charge in [-0.25, -0.2) is 0 Å². The van der Waals surface area contributed by atoms with Crippen molar-refractivity contribution in [3.05, 3.63) is 36.2 Å². The lowest BCUT2D eigenvalue weighted by atomic mass is 9.99. The molecule has 6 heteroatoms. The van der Waals surface area contributed by atoms with Crippen LogP contribution in [0.5, 0.6) is 0 Å². The highest BCUT2D eigenvalue weighted by Gasteiger charge is 2.23. The number of piperidine rings is 1. The quantitative estimate of drug-likeness (QED) is 0.667. The lowest BCUT2D eigenvalue weighted by molar-refractivity contribution is -0.133. The van der Waals surface area contributed by atoms with Crippen LogP contribution in [0.25, 0.3) is 22.5 Å². The minimum absolute atomic E-state index is 0.149. The number of likely N-dealkylation sites (tertiary alicyclic amines) is 1. The predicted octanol–water partition coefficient (Wildman–Crippen LogP) is 4.15. The zero-order valence-corrected chi connectivity index (χ0v) is 16.9. The smallest absolute Gasteiger partial charge is 0.264 e. The Kier molecular flexibility index (Phi) is 5.20. The monoisotopic (exact) mass is 380 g/mol. The molecule has 0 atom stereocenters. The number of amides is 1. The van der Waals surface area contributed by atoms with Crippen molar-refractivity contribution < 1.29 is 9.21 Å². The molecule has 1 aliphatic rings. The van der Waals surface area contributed by atoms with E-state index in [9.17, 15) is 4.79 Å². The summed E-state index contributed by atoms with van der Waals surface area (Å²) in [5.74, 6) is 2.41. The number of carbonyl (C=O) groups excluding carboxylic acids is 1. The van der Waals surface area contributed by atoms with Crippen molar-refractivity contribution in [3.63, 3.8) is 0 Å². The number of hydrogen-bond acceptors (Lipinski definition) is 4. The van der Waals surface area contributed by atoms with Gasteiger partial charge in [-0.15, -0.1) is 10.2 Å². The second-order valence-electron chi connectivity index (χ2n) is 8.34. The topological polar surface area (TPSA) is 64.2 Å². The van der Waals surface area contributed by atoms with E-state index < -0.39 is 0 Å². The van der Waals surface area contributed by atoms with Gasteiger partial charge in [-0.05, 0) is 36.8 Å². The molecular formula is C22H28N4O2. The fraction of sp³-hybridized carbons (Fsp3) is 0.500. The molecule has 0 radical (unpaired) electrons. The highest BCUT2D eigenvalue weighted by atomic mass is 16.4. The molecule has 0 N–H and O–H groups in total. The molecule has 1 aromatic carbocycles. The molecule has 3 aromatic rings. The van der Waals surface area contributed by atoms with Gasteiger partial charge in [0.2, 0.25) is 11.8 Å². The first kappa shape index (κ1) is 18.7. The number of nitrogens with zero attached hydrogens (tertiary/aromatic N) is 4. The van der Waals surface area contributed by atoms with Crippen molar-refractivity contribution in [1.82, 2.24) is 19.7 Å². The molecule has 1 fully saturated rings. The summed E-state index contributed by atoms with van der Waals surface area (Å²) < 4.78 is 7.94. The molecule has 1 amide bonds. The van der Waals surface area contributed by atoms with Gasteiger partial charge in [0.1, 0.15) is 12.2 Å². The summed E-state index contributed by atoms with van der Waals surface area (Å²) in [6.07, 6.45) is 2.90. The second-order valence-corrected chi connectivity index (χ2v) is 8.34. The maximum Gasteiger partial charge on any atom is 0.264 e. The third-order valence-corrected chi connectivity index (χ3v) is 5.51. The van der Waals surface area contributed by atoms with Crippen molar-refractivity contribution in [3.8, 4) is 11.6 Å². The SMILES string of the molecule is CC(C)Cc1nnc(-c2cc3ccccc3n2CC(=O)N2CCC(C)CC2)o1. The summed E-state index contributed by atoms with van der Waals surface area (Å²) in [6, 6.07) is 10.1. The van der Waals surface area contributed by atoms with E-state index in [2.05, 4.69) is 31.0 Å². The molecule has 1 saturated heterocycles. The van der Waals surface area contributed by atoms with Crippen LogP contribution in [0.15, 0.2) is 34.7 Å². The summed E-state index contributed by atoms with van der Waals surface area (Å²) in [4.78, 5) is 15.0. The van der Waals surface area contributed by atoms with E-state index in [1.165, 1.54) is 0 Å². The van der Waals surface area contributed by atoms with Gasteiger partial charge in [-0.3, -0.25) is 4.79 Å². The van der Waals surface area contributed by atoms with E-state index in [0.29, 0.717) is 30.2 Å². The van der Waals surface area contributed by atoms with E-state index in [1.54, 1.807) is 0 Å². The van der Waals surface area contributed by atoms with Crippen LogP contribution in [0.3, 0.4) is 0 Å². The van der Waals surface area contributed by atoms with Crippen molar-refractivity contribution in [2.24, 2.45) is 11.8 Å². The highest BCUT2D eigenvalue weighted by molar-refractivity contribution is 5.88. The molecule has 0 unspecified atom stereocenters. The standard InChI is InChI=1S/C22H28N4O2/c1-15(2)12-20-23-24-22(28-20)19-13-17-6-4-5-7-18(17)26(19)14-21(27)25-10-8-16(3)9-11-25/h4-7,13,15-16H,8-12,14H2,1-3H3. The summed E-state index contributed by atoms with van der Waals surface area (Å²) in [5.41, 5.74) is 1.82. The Balaban J connectivity index is 1.65. The molecule has 3 heterocycles. The fourth-order valence-corrected chi connectivity index (χ4v) is 3.84. The Morgan fingerprint density at radius 2 is 1.96 bits per heavy atom. The van der Waals surface area contributed by atoms with E-state index in [4.69, 9.17) is 4.42 Å². The van der Waals surface area contributed by atoms with Crippen molar-refractivity contribution in [2.75, 3.05) is 13.1 Å². The lowest BCUT2D eigenvalue weighted by Gasteiger charge is -2.30. The molecule has 2 aromatic heterocycles. The average molecular weight is 380 g/mol. The number of fused-ring (bicyclic) bond motifs is 1. The first-order valence-electron chi connectivity index (χ1n) is 10.2. The van der Waals surface area contributed by atoms with Crippen LogP contribution in [-0.4, -0.2) is 38.7 Å². The molecule has 148 valence electrons. The van der Waals surface area contributed by atoms with Gasteiger partial charge < -0.3 is 13.9 Å². The summed E-state index contributed by atoms with van der Waals surface area (Å²) in [6.45, 7) is 8.47. The predicted molar refractivity (Wildman–Crippen MR) is 109 cm³/mol. The Labute approximate surface area is 165 Å². The third kappa shape index (κ3) is 3.81. The lowest BCUT2D eigenvalue weighted by Crippen LogP contribution is -2.39. The van der Waals surface area contributed by atoms with E-state index in [1.807, 2.05) is 39.8 Å². The number of carbonyl (C=O) groups is 1. The first-order chi connectivity index (χ1) is 13.5. The number of hydrogen-bond donors (Lipinski definition) is 0. The maximum atomic E-state index is 13.0. The molecule has 0 spiro atoms. The third-order valence-electron chi connectivity index (χ3n) is 5.51. The van der Waals surface area contributed by atoms with Crippen LogP contribution >= 0.6 is 0 Å².